The Morgan fingerprint density at radius 2 is 2.38 bits per heavy atom. The van der Waals surface area contributed by atoms with Crippen molar-refractivity contribution in [1.82, 2.24) is 0 Å². The highest BCUT2D eigenvalue weighted by Crippen LogP contribution is 1.94. The Balaban J connectivity index is 3.57. The molecule has 0 rings (SSSR count). The number of aliphatic imine (C=N–C) groups is 1. The van der Waals surface area contributed by atoms with Gasteiger partial charge in [-0.2, -0.15) is 0 Å². The van der Waals surface area contributed by atoms with Crippen molar-refractivity contribution in [3.05, 3.63) is 23.8 Å². The summed E-state index contributed by atoms with van der Waals surface area (Å²) in [6.45, 7) is 5.32. The molecule has 0 radical (unpaired) electrons. The van der Waals surface area contributed by atoms with Crippen LogP contribution < -0.4 is 0 Å². The molecular formula is C6H9NS. The van der Waals surface area contributed by atoms with Crippen LogP contribution in [-0.4, -0.2) is 6.21 Å². The molecule has 0 fully saturated rings. The summed E-state index contributed by atoms with van der Waals surface area (Å²) in [5.41, 5.74) is 0. The van der Waals surface area contributed by atoms with Crippen molar-refractivity contribution < 1.29 is 0 Å². The Morgan fingerprint density at radius 3 is 2.75 bits per heavy atom. The molecule has 2 heteroatoms. The van der Waals surface area contributed by atoms with Gasteiger partial charge in [0, 0.05) is 12.4 Å². The lowest BCUT2D eigenvalue weighted by atomic mass is 10.6. The molecule has 0 aliphatic heterocycles. The van der Waals surface area contributed by atoms with Gasteiger partial charge in [0.05, 0.1) is 0 Å². The van der Waals surface area contributed by atoms with E-state index in [1.807, 2.05) is 6.92 Å². The molecule has 0 aliphatic carbocycles. The van der Waals surface area contributed by atoms with Crippen molar-refractivity contribution >= 4 is 18.8 Å². The zero-order chi connectivity index (χ0) is 6.41. The summed E-state index contributed by atoms with van der Waals surface area (Å²) in [4.78, 5) is 4.70. The molecule has 0 aromatic heterocycles. The molecule has 0 unspecified atom stereocenters. The topological polar surface area (TPSA) is 12.4 Å². The second kappa shape index (κ2) is 4.65. The van der Waals surface area contributed by atoms with E-state index in [2.05, 4.69) is 24.2 Å². The molecule has 0 saturated heterocycles. The summed E-state index contributed by atoms with van der Waals surface area (Å²) < 4.78 is 0. The normalized spacial score (nSPS) is 12.5. The quantitative estimate of drug-likeness (QED) is 0.430. The van der Waals surface area contributed by atoms with Crippen LogP contribution in [0.3, 0.4) is 0 Å². The second-order valence-electron chi connectivity index (χ2n) is 1.30. The molecule has 0 amide bonds. The fourth-order valence-electron chi connectivity index (χ4n) is 0.212. The predicted molar refractivity (Wildman–Crippen MR) is 41.4 cm³/mol. The number of hydrogen-bond donors (Lipinski definition) is 1. The Morgan fingerprint density at radius 1 is 1.75 bits per heavy atom. The summed E-state index contributed by atoms with van der Waals surface area (Å²) >= 11 is 3.98. The van der Waals surface area contributed by atoms with Crippen molar-refractivity contribution in [2.45, 2.75) is 6.92 Å². The van der Waals surface area contributed by atoms with Crippen LogP contribution >= 0.6 is 12.6 Å². The van der Waals surface area contributed by atoms with Crippen LogP contribution in [0.4, 0.5) is 0 Å². The van der Waals surface area contributed by atoms with Crippen LogP contribution in [0.1, 0.15) is 6.92 Å². The van der Waals surface area contributed by atoms with E-state index < -0.39 is 0 Å². The molecule has 0 aromatic rings. The van der Waals surface area contributed by atoms with E-state index in [0.717, 1.165) is 4.91 Å². The third-order valence-electron chi connectivity index (χ3n) is 0.453. The van der Waals surface area contributed by atoms with E-state index in [4.69, 9.17) is 0 Å². The lowest BCUT2D eigenvalue weighted by Crippen LogP contribution is -1.58. The van der Waals surface area contributed by atoms with Gasteiger partial charge in [-0.05, 0) is 11.8 Å². The van der Waals surface area contributed by atoms with Crippen LogP contribution in [0.5, 0.6) is 0 Å². The molecule has 0 saturated carbocycles. The standard InChI is InChI=1S/C6H9NS/c1-3-4-7-5-6(2)8/h3-5,8H,1H2,2H3/b6-5+,7-4-. The minimum atomic E-state index is 0.892. The highest BCUT2D eigenvalue weighted by molar-refractivity contribution is 7.84. The summed E-state index contributed by atoms with van der Waals surface area (Å²) in [6, 6.07) is 0. The van der Waals surface area contributed by atoms with Gasteiger partial charge < -0.3 is 0 Å². The first-order valence-electron chi connectivity index (χ1n) is 2.27. The van der Waals surface area contributed by atoms with Crippen molar-refractivity contribution in [1.29, 1.82) is 0 Å². The Bertz CT molecular complexity index is 120. The van der Waals surface area contributed by atoms with Crippen molar-refractivity contribution in [3.8, 4) is 0 Å². The maximum absolute atomic E-state index is 3.98. The fraction of sp³-hybridized carbons (Fsp3) is 0.167. The summed E-state index contributed by atoms with van der Waals surface area (Å²) in [5, 5.41) is 0. The van der Waals surface area contributed by atoms with Crippen LogP contribution in [0.15, 0.2) is 28.8 Å². The van der Waals surface area contributed by atoms with E-state index in [-0.39, 0.29) is 0 Å². The Labute approximate surface area is 55.2 Å². The molecule has 0 spiro atoms. The number of allylic oxidation sites excluding steroid dienone is 2. The van der Waals surface area contributed by atoms with Gasteiger partial charge in [-0.3, -0.25) is 4.99 Å². The smallest absolute Gasteiger partial charge is 0.0357 e. The predicted octanol–water partition coefficient (Wildman–Crippen LogP) is 2.03. The van der Waals surface area contributed by atoms with Crippen molar-refractivity contribution in [3.63, 3.8) is 0 Å². The van der Waals surface area contributed by atoms with E-state index in [0.29, 0.717) is 0 Å². The number of rotatable bonds is 2. The van der Waals surface area contributed by atoms with Gasteiger partial charge in [0.2, 0.25) is 0 Å². The van der Waals surface area contributed by atoms with Crippen LogP contribution in [0.25, 0.3) is 0 Å². The van der Waals surface area contributed by atoms with E-state index in [9.17, 15) is 0 Å². The summed E-state index contributed by atoms with van der Waals surface area (Å²) in [5.74, 6) is 0. The zero-order valence-electron chi connectivity index (χ0n) is 4.83. The monoisotopic (exact) mass is 127 g/mol. The largest absolute Gasteiger partial charge is 0.264 e. The van der Waals surface area contributed by atoms with Gasteiger partial charge in [0.25, 0.3) is 0 Å². The van der Waals surface area contributed by atoms with Gasteiger partial charge >= 0.3 is 0 Å². The van der Waals surface area contributed by atoms with Gasteiger partial charge in [0.1, 0.15) is 0 Å². The van der Waals surface area contributed by atoms with Crippen LogP contribution in [0, 0.1) is 0 Å². The average Bonchev–Trinajstić information content (AvgIpc) is 1.66. The molecule has 0 bridgehead atoms. The average molecular weight is 127 g/mol. The number of hydrogen-bond acceptors (Lipinski definition) is 2. The summed E-state index contributed by atoms with van der Waals surface area (Å²) in [6.07, 6.45) is 4.89. The zero-order valence-corrected chi connectivity index (χ0v) is 5.73. The molecule has 0 heterocycles. The maximum Gasteiger partial charge on any atom is 0.0357 e. The summed E-state index contributed by atoms with van der Waals surface area (Å²) in [7, 11) is 0. The Hall–Kier alpha value is -0.500. The first-order chi connectivity index (χ1) is 3.77. The number of thiol groups is 1. The van der Waals surface area contributed by atoms with Crippen molar-refractivity contribution in [2.75, 3.05) is 0 Å². The molecule has 0 atom stereocenters. The lowest BCUT2D eigenvalue weighted by Gasteiger charge is -1.77. The van der Waals surface area contributed by atoms with E-state index in [1.54, 1.807) is 18.5 Å². The molecular weight excluding hydrogens is 118 g/mol. The number of nitrogens with zero attached hydrogens (tertiary/aromatic N) is 1. The van der Waals surface area contributed by atoms with Gasteiger partial charge in [-0.1, -0.05) is 12.7 Å². The highest BCUT2D eigenvalue weighted by Gasteiger charge is 1.68. The first kappa shape index (κ1) is 7.50. The third kappa shape index (κ3) is 5.50. The van der Waals surface area contributed by atoms with E-state index in [1.165, 1.54) is 0 Å². The second-order valence-corrected chi connectivity index (χ2v) is 2.01. The third-order valence-corrected chi connectivity index (χ3v) is 0.568. The minimum absolute atomic E-state index is 0.892. The van der Waals surface area contributed by atoms with Gasteiger partial charge in [0.15, 0.2) is 0 Å². The SMILES string of the molecule is C=C/C=N\C=C(/C)S. The Kier molecular flexibility index (Phi) is 4.36. The fourth-order valence-corrected chi connectivity index (χ4v) is 0.278. The highest BCUT2D eigenvalue weighted by atomic mass is 32.1. The first-order valence-corrected chi connectivity index (χ1v) is 2.72. The van der Waals surface area contributed by atoms with Crippen LogP contribution in [-0.2, 0) is 0 Å². The molecule has 8 heavy (non-hydrogen) atoms. The minimum Gasteiger partial charge on any atom is -0.264 e. The molecule has 0 aliphatic rings. The molecule has 0 aromatic carbocycles. The molecule has 0 N–H and O–H groups in total. The van der Waals surface area contributed by atoms with Gasteiger partial charge in [-0.25, -0.2) is 0 Å². The van der Waals surface area contributed by atoms with Crippen LogP contribution in [0.2, 0.25) is 0 Å². The maximum atomic E-state index is 3.98. The van der Waals surface area contributed by atoms with Gasteiger partial charge in [-0.15, -0.1) is 12.6 Å². The van der Waals surface area contributed by atoms with E-state index >= 15 is 0 Å². The molecule has 1 nitrogen and oxygen atoms in total. The van der Waals surface area contributed by atoms with Crippen molar-refractivity contribution in [2.24, 2.45) is 4.99 Å². The lowest BCUT2D eigenvalue weighted by molar-refractivity contribution is 1.52. The molecule has 44 valence electrons.